The first kappa shape index (κ1) is 28.3. The minimum atomic E-state index is -0.343. The van der Waals surface area contributed by atoms with Gasteiger partial charge in [-0.15, -0.1) is 0 Å². The Bertz CT molecular complexity index is 304. The van der Waals surface area contributed by atoms with Crippen LogP contribution in [0.1, 0.15) is 52.4 Å². The largest absolute Gasteiger partial charge is 0.358 e. The lowest BCUT2D eigenvalue weighted by Crippen LogP contribution is -2.40. The van der Waals surface area contributed by atoms with Gasteiger partial charge in [-0.25, -0.2) is 0 Å². The lowest BCUT2D eigenvalue weighted by atomic mass is 10.3. The zero-order valence-electron chi connectivity index (χ0n) is 18.3. The number of hydrogen-bond donors (Lipinski definition) is 0. The van der Waals surface area contributed by atoms with E-state index in [0.29, 0.717) is 0 Å². The smallest absolute Gasteiger partial charge is 0.144 e. The van der Waals surface area contributed by atoms with E-state index in [-0.39, 0.29) is 29.9 Å². The molecule has 0 heterocycles. The summed E-state index contributed by atoms with van der Waals surface area (Å²) >= 11 is 0. The van der Waals surface area contributed by atoms with Crippen molar-refractivity contribution in [1.29, 1.82) is 0 Å². The van der Waals surface area contributed by atoms with Gasteiger partial charge in [0, 0.05) is 39.9 Å². The zero-order valence-corrected chi connectivity index (χ0v) is 23.6. The van der Waals surface area contributed by atoms with Crippen LogP contribution in [0.15, 0.2) is 0 Å². The number of hydrogen-bond acceptors (Lipinski definition) is 7. The Hall–Kier alpha value is 1.32. The van der Waals surface area contributed by atoms with E-state index in [1.807, 2.05) is 31.4 Å². The molecular weight excluding hydrogens is 433 g/mol. The highest BCUT2D eigenvalue weighted by Crippen LogP contribution is 2.36. The molecule has 0 bridgehead atoms. The van der Waals surface area contributed by atoms with Gasteiger partial charge in [0.05, 0.1) is 19.0 Å². The maximum Gasteiger partial charge on any atom is 0.144 e. The lowest BCUT2D eigenvalue weighted by Gasteiger charge is -2.31. The van der Waals surface area contributed by atoms with Crippen molar-refractivity contribution in [3.8, 4) is 0 Å². The molecular formula is C18H42O4S3Si2. The SMILES string of the molecule is CCC[SiH2]C(CCCSSSCCCC(OC)(OC)[SiH2]CCC)(OC)OC. The summed E-state index contributed by atoms with van der Waals surface area (Å²) in [5.74, 6) is 2.30. The molecule has 0 aromatic carbocycles. The molecule has 9 heteroatoms. The fourth-order valence-electron chi connectivity index (χ4n) is 3.03. The molecule has 0 saturated carbocycles. The quantitative estimate of drug-likeness (QED) is 0.112. The van der Waals surface area contributed by atoms with Gasteiger partial charge in [0.1, 0.15) is 10.8 Å². The van der Waals surface area contributed by atoms with Crippen LogP contribution in [-0.2, 0) is 18.9 Å². The topological polar surface area (TPSA) is 36.9 Å². The van der Waals surface area contributed by atoms with E-state index in [9.17, 15) is 0 Å². The van der Waals surface area contributed by atoms with E-state index in [1.54, 1.807) is 28.4 Å². The lowest BCUT2D eigenvalue weighted by molar-refractivity contribution is -0.149. The van der Waals surface area contributed by atoms with Gasteiger partial charge in [-0.2, -0.15) is 0 Å². The minimum Gasteiger partial charge on any atom is -0.358 e. The van der Waals surface area contributed by atoms with Crippen molar-refractivity contribution >= 4 is 50.5 Å². The third-order valence-electron chi connectivity index (χ3n) is 4.98. The molecule has 27 heavy (non-hydrogen) atoms. The summed E-state index contributed by atoms with van der Waals surface area (Å²) in [6, 6.07) is 2.57. The van der Waals surface area contributed by atoms with E-state index in [2.05, 4.69) is 13.8 Å². The Morgan fingerprint density at radius 1 is 0.667 bits per heavy atom. The van der Waals surface area contributed by atoms with Crippen molar-refractivity contribution in [3.63, 3.8) is 0 Å². The van der Waals surface area contributed by atoms with Crippen LogP contribution in [-0.4, -0.2) is 69.8 Å². The van der Waals surface area contributed by atoms with Crippen molar-refractivity contribution in [3.05, 3.63) is 0 Å². The molecule has 0 aliphatic carbocycles. The highest BCUT2D eigenvalue weighted by molar-refractivity contribution is 9.09. The van der Waals surface area contributed by atoms with Crippen LogP contribution >= 0.6 is 31.4 Å². The highest BCUT2D eigenvalue weighted by atomic mass is 33.5. The van der Waals surface area contributed by atoms with E-state index < -0.39 is 0 Å². The third kappa shape index (κ3) is 12.6. The normalized spacial score (nSPS) is 13.6. The maximum atomic E-state index is 5.73. The monoisotopic (exact) mass is 474 g/mol. The average molecular weight is 475 g/mol. The Kier molecular flexibility index (Phi) is 19.0. The first-order valence-electron chi connectivity index (χ1n) is 10.2. The summed E-state index contributed by atoms with van der Waals surface area (Å²) in [4.78, 5) is 0. The second kappa shape index (κ2) is 18.1. The van der Waals surface area contributed by atoms with Gasteiger partial charge in [-0.1, -0.05) is 60.4 Å². The molecule has 0 atom stereocenters. The Morgan fingerprint density at radius 3 is 1.33 bits per heavy atom. The Labute approximate surface area is 184 Å². The molecule has 0 aromatic heterocycles. The molecule has 164 valence electrons. The first-order valence-corrected chi connectivity index (χ1v) is 17.4. The van der Waals surface area contributed by atoms with Gasteiger partial charge in [0.25, 0.3) is 0 Å². The molecule has 0 unspecified atom stereocenters. The van der Waals surface area contributed by atoms with Gasteiger partial charge >= 0.3 is 0 Å². The summed E-state index contributed by atoms with van der Waals surface area (Å²) < 4.78 is 22.9. The van der Waals surface area contributed by atoms with Crippen LogP contribution in [0, 0.1) is 0 Å². The number of ether oxygens (including phenoxy) is 4. The predicted molar refractivity (Wildman–Crippen MR) is 132 cm³/mol. The molecule has 0 fully saturated rings. The Balaban J connectivity index is 3.84. The van der Waals surface area contributed by atoms with E-state index >= 15 is 0 Å². The number of rotatable bonds is 20. The van der Waals surface area contributed by atoms with Gasteiger partial charge in [0.15, 0.2) is 0 Å². The van der Waals surface area contributed by atoms with Crippen LogP contribution < -0.4 is 0 Å². The van der Waals surface area contributed by atoms with Gasteiger partial charge in [-0.05, 0) is 35.5 Å². The first-order chi connectivity index (χ1) is 13.1. The van der Waals surface area contributed by atoms with E-state index in [0.717, 1.165) is 37.2 Å². The predicted octanol–water partition coefficient (Wildman–Crippen LogP) is 4.46. The molecule has 0 spiro atoms. The summed E-state index contributed by atoms with van der Waals surface area (Å²) in [6.07, 6.45) is 6.81. The third-order valence-corrected chi connectivity index (χ3v) is 14.9. The van der Waals surface area contributed by atoms with Crippen molar-refractivity contribution in [2.45, 2.75) is 75.3 Å². The maximum absolute atomic E-state index is 5.73. The zero-order chi connectivity index (χ0) is 20.4. The summed E-state index contributed by atoms with van der Waals surface area (Å²) in [7, 11) is 12.3. The van der Waals surface area contributed by atoms with Gasteiger partial charge < -0.3 is 18.9 Å². The van der Waals surface area contributed by atoms with Crippen molar-refractivity contribution in [1.82, 2.24) is 0 Å². The van der Waals surface area contributed by atoms with Crippen molar-refractivity contribution in [2.75, 3.05) is 39.9 Å². The highest BCUT2D eigenvalue weighted by Gasteiger charge is 2.29. The molecule has 0 rings (SSSR count). The molecule has 0 aliphatic rings. The minimum absolute atomic E-state index is 0.250. The van der Waals surface area contributed by atoms with Crippen LogP contribution in [0.2, 0.25) is 12.1 Å². The van der Waals surface area contributed by atoms with Crippen LogP contribution in [0.3, 0.4) is 0 Å². The summed E-state index contributed by atoms with van der Waals surface area (Å²) in [5.41, 5.74) is -0.499. The molecule has 0 aliphatic heterocycles. The average Bonchev–Trinajstić information content (AvgIpc) is 2.72. The number of methoxy groups -OCH3 is 4. The molecule has 0 aromatic rings. The summed E-state index contributed by atoms with van der Waals surface area (Å²) in [6.45, 7) is 4.48. The summed E-state index contributed by atoms with van der Waals surface area (Å²) in [5, 5.41) is 0. The van der Waals surface area contributed by atoms with Crippen LogP contribution in [0.4, 0.5) is 0 Å². The van der Waals surface area contributed by atoms with E-state index in [1.165, 1.54) is 24.9 Å². The second-order valence-electron chi connectivity index (χ2n) is 6.76. The fourth-order valence-corrected chi connectivity index (χ4v) is 10.5. The molecule has 4 nitrogen and oxygen atoms in total. The molecule has 0 N–H and O–H groups in total. The van der Waals surface area contributed by atoms with Crippen LogP contribution in [0.5, 0.6) is 0 Å². The van der Waals surface area contributed by atoms with Gasteiger partial charge in [-0.3, -0.25) is 0 Å². The van der Waals surface area contributed by atoms with Crippen molar-refractivity contribution in [2.24, 2.45) is 0 Å². The van der Waals surface area contributed by atoms with Crippen molar-refractivity contribution < 1.29 is 18.9 Å². The Morgan fingerprint density at radius 2 is 1.04 bits per heavy atom. The van der Waals surface area contributed by atoms with Crippen LogP contribution in [0.25, 0.3) is 0 Å². The molecule has 0 amide bonds. The fraction of sp³-hybridized carbons (Fsp3) is 1.00. The second-order valence-corrected chi connectivity index (χ2v) is 15.8. The van der Waals surface area contributed by atoms with Gasteiger partial charge in [0.2, 0.25) is 0 Å². The van der Waals surface area contributed by atoms with E-state index in [4.69, 9.17) is 18.9 Å². The molecule has 0 saturated heterocycles. The molecule has 0 radical (unpaired) electrons. The standard InChI is InChI=1S/C18H42O4S3Si2/c1-7-15-26-17(19-3,20-4)11-9-13-23-25-24-14-10-12-18(21-5,22-6)27-16-8-2/h7-16,26-27H2,1-6H3.